The average Bonchev–Trinajstić information content (AvgIpc) is 2.79. The third-order valence-electron chi connectivity index (χ3n) is 5.49. The first-order valence-corrected chi connectivity index (χ1v) is 10.1. The van der Waals surface area contributed by atoms with Gasteiger partial charge in [0.25, 0.3) is 11.6 Å². The molecule has 1 atom stereocenters. The highest BCUT2D eigenvalue weighted by atomic mass is 16.6. The van der Waals surface area contributed by atoms with Gasteiger partial charge in [-0.2, -0.15) is 0 Å². The molecule has 0 saturated carbocycles. The van der Waals surface area contributed by atoms with Gasteiger partial charge in [-0.25, -0.2) is 0 Å². The minimum atomic E-state index is -0.553. The van der Waals surface area contributed by atoms with Crippen LogP contribution < -0.4 is 10.2 Å². The normalized spacial score (nSPS) is 15.0. The molecule has 0 fully saturated rings. The monoisotopic (exact) mass is 416 g/mol. The molecular weight excluding hydrogens is 394 g/mol. The van der Waals surface area contributed by atoms with E-state index >= 15 is 0 Å². The molecule has 1 aliphatic rings. The largest absolute Gasteiger partial charge is 0.323 e. The highest BCUT2D eigenvalue weighted by molar-refractivity contribution is 6.14. The molecule has 3 aromatic carbocycles. The molecule has 31 heavy (non-hydrogen) atoms. The van der Waals surface area contributed by atoms with Crippen LogP contribution >= 0.6 is 0 Å². The van der Waals surface area contributed by atoms with Gasteiger partial charge in [-0.15, -0.1) is 0 Å². The molecule has 0 aromatic heterocycles. The van der Waals surface area contributed by atoms with Gasteiger partial charge in [0.1, 0.15) is 6.54 Å². The second-order valence-corrected chi connectivity index (χ2v) is 7.60. The lowest BCUT2D eigenvalue weighted by Gasteiger charge is -2.25. The second-order valence-electron chi connectivity index (χ2n) is 7.60. The maximum absolute atomic E-state index is 13.0. The molecule has 0 bridgehead atoms. The van der Waals surface area contributed by atoms with E-state index in [0.29, 0.717) is 5.56 Å². The molecule has 4 rings (SSSR count). The number of anilines is 1. The van der Waals surface area contributed by atoms with E-state index in [4.69, 9.17) is 0 Å². The summed E-state index contributed by atoms with van der Waals surface area (Å²) in [6.45, 7) is 1.87. The fraction of sp³-hybridized carbons (Fsp3) is 0.167. The number of benzene rings is 3. The van der Waals surface area contributed by atoms with Gasteiger partial charge < -0.3 is 10.2 Å². The van der Waals surface area contributed by atoms with Crippen LogP contribution in [0.15, 0.2) is 72.8 Å². The summed E-state index contributed by atoms with van der Waals surface area (Å²) in [6, 6.07) is 20.7. The summed E-state index contributed by atoms with van der Waals surface area (Å²) in [4.78, 5) is 37.5. The standard InChI is InChI=1S/C24H21N3O4/c28-23(16-26-13-12-17-6-4-5-9-19(17)15-26)25-22-11-10-20(27(30)31)14-21(22)24(29)18-7-2-1-3-8-18/h1-11,14H,12-13,15-16H2,(H,25,28)/p+1. The Morgan fingerprint density at radius 1 is 0.968 bits per heavy atom. The van der Waals surface area contributed by atoms with Gasteiger partial charge in [0.2, 0.25) is 0 Å². The summed E-state index contributed by atoms with van der Waals surface area (Å²) < 4.78 is 0. The number of ketones is 1. The van der Waals surface area contributed by atoms with Crippen LogP contribution in [0.2, 0.25) is 0 Å². The number of carbonyl (C=O) groups excluding carboxylic acids is 2. The van der Waals surface area contributed by atoms with Crippen LogP contribution in [0, 0.1) is 10.1 Å². The van der Waals surface area contributed by atoms with Crippen LogP contribution in [0.25, 0.3) is 0 Å². The third-order valence-corrected chi connectivity index (χ3v) is 5.49. The van der Waals surface area contributed by atoms with Crippen LogP contribution in [-0.4, -0.2) is 29.7 Å². The summed E-state index contributed by atoms with van der Waals surface area (Å²) in [5.74, 6) is -0.607. The van der Waals surface area contributed by atoms with E-state index in [1.165, 1.54) is 29.3 Å². The maximum atomic E-state index is 13.0. The van der Waals surface area contributed by atoms with Crippen molar-refractivity contribution in [2.45, 2.75) is 13.0 Å². The van der Waals surface area contributed by atoms with E-state index in [1.54, 1.807) is 30.3 Å². The number of carbonyl (C=O) groups is 2. The van der Waals surface area contributed by atoms with Crippen LogP contribution in [0.3, 0.4) is 0 Å². The van der Waals surface area contributed by atoms with E-state index in [2.05, 4.69) is 17.4 Å². The molecule has 3 aromatic rings. The minimum absolute atomic E-state index is 0.104. The van der Waals surface area contributed by atoms with Crippen molar-refractivity contribution in [3.05, 3.63) is 105 Å². The zero-order valence-electron chi connectivity index (χ0n) is 16.8. The van der Waals surface area contributed by atoms with E-state index < -0.39 is 4.92 Å². The highest BCUT2D eigenvalue weighted by Gasteiger charge is 2.24. The molecule has 0 spiro atoms. The number of nitrogens with one attached hydrogen (secondary N) is 2. The van der Waals surface area contributed by atoms with Crippen molar-refractivity contribution in [2.75, 3.05) is 18.4 Å². The SMILES string of the molecule is O=C(C[NH+]1CCc2ccccc2C1)Nc1ccc([N+](=O)[O-])cc1C(=O)c1ccccc1. The van der Waals surface area contributed by atoms with Crippen LogP contribution in [0.1, 0.15) is 27.0 Å². The number of nitro groups is 1. The smallest absolute Gasteiger partial charge is 0.279 e. The summed E-state index contributed by atoms with van der Waals surface area (Å²) in [6.07, 6.45) is 0.911. The van der Waals surface area contributed by atoms with E-state index in [-0.39, 0.29) is 35.2 Å². The molecule has 1 amide bonds. The fourth-order valence-corrected chi connectivity index (χ4v) is 3.90. The summed E-state index contributed by atoms with van der Waals surface area (Å²) >= 11 is 0. The molecule has 7 heteroatoms. The van der Waals surface area contributed by atoms with Gasteiger partial charge in [0.05, 0.1) is 22.7 Å². The Balaban J connectivity index is 1.53. The number of rotatable bonds is 6. The Hall–Kier alpha value is -3.84. The third kappa shape index (κ3) is 4.67. The molecule has 1 heterocycles. The predicted molar refractivity (Wildman–Crippen MR) is 116 cm³/mol. The number of hydrogen-bond donors (Lipinski definition) is 2. The molecule has 2 N–H and O–H groups in total. The Kier molecular flexibility index (Phi) is 5.86. The Labute approximate surface area is 179 Å². The fourth-order valence-electron chi connectivity index (χ4n) is 3.90. The van der Waals surface area contributed by atoms with E-state index in [1.807, 2.05) is 12.1 Å². The molecule has 1 unspecified atom stereocenters. The summed E-state index contributed by atoms with van der Waals surface area (Å²) in [5.41, 5.74) is 3.14. The van der Waals surface area contributed by atoms with Crippen LogP contribution in [0.5, 0.6) is 0 Å². The summed E-state index contributed by atoms with van der Waals surface area (Å²) in [7, 11) is 0. The van der Waals surface area contributed by atoms with Crippen LogP contribution in [-0.2, 0) is 17.8 Å². The van der Waals surface area contributed by atoms with Crippen molar-refractivity contribution in [1.29, 1.82) is 0 Å². The van der Waals surface area contributed by atoms with Crippen molar-refractivity contribution in [2.24, 2.45) is 0 Å². The molecule has 0 aliphatic carbocycles. The van der Waals surface area contributed by atoms with Crippen molar-refractivity contribution in [3.8, 4) is 0 Å². The molecule has 0 radical (unpaired) electrons. The van der Waals surface area contributed by atoms with Crippen molar-refractivity contribution in [3.63, 3.8) is 0 Å². The number of nitro benzene ring substituents is 1. The molecular formula is C24H22N3O4+. The zero-order chi connectivity index (χ0) is 21.8. The van der Waals surface area contributed by atoms with Gasteiger partial charge in [0, 0.05) is 29.7 Å². The number of nitrogens with zero attached hydrogens (tertiary/aromatic N) is 1. The van der Waals surface area contributed by atoms with E-state index in [9.17, 15) is 19.7 Å². The first-order valence-electron chi connectivity index (χ1n) is 10.1. The van der Waals surface area contributed by atoms with Gasteiger partial charge in [0.15, 0.2) is 12.3 Å². The van der Waals surface area contributed by atoms with Crippen LogP contribution in [0.4, 0.5) is 11.4 Å². The first-order chi connectivity index (χ1) is 15.0. The lowest BCUT2D eigenvalue weighted by molar-refractivity contribution is -0.907. The lowest BCUT2D eigenvalue weighted by atomic mass is 10.00. The predicted octanol–water partition coefficient (Wildman–Crippen LogP) is 2.41. The topological polar surface area (TPSA) is 93.8 Å². The average molecular weight is 416 g/mol. The van der Waals surface area contributed by atoms with Crippen molar-refractivity contribution < 1.29 is 19.4 Å². The van der Waals surface area contributed by atoms with Gasteiger partial charge in [-0.05, 0) is 11.6 Å². The molecule has 7 nitrogen and oxygen atoms in total. The molecule has 0 saturated heterocycles. The number of quaternary nitrogens is 1. The number of amides is 1. The lowest BCUT2D eigenvalue weighted by Crippen LogP contribution is -3.12. The second kappa shape index (κ2) is 8.89. The van der Waals surface area contributed by atoms with Gasteiger partial charge >= 0.3 is 0 Å². The molecule has 156 valence electrons. The van der Waals surface area contributed by atoms with Gasteiger partial charge in [-0.1, -0.05) is 54.6 Å². The first kappa shape index (κ1) is 20.4. The maximum Gasteiger partial charge on any atom is 0.279 e. The van der Waals surface area contributed by atoms with E-state index in [0.717, 1.165) is 24.4 Å². The Morgan fingerprint density at radius 2 is 1.68 bits per heavy atom. The number of non-ortho nitro benzene ring substituents is 1. The number of hydrogen-bond acceptors (Lipinski definition) is 4. The Bertz CT molecular complexity index is 1140. The van der Waals surface area contributed by atoms with Gasteiger partial charge in [-0.3, -0.25) is 19.7 Å². The highest BCUT2D eigenvalue weighted by Crippen LogP contribution is 2.25. The minimum Gasteiger partial charge on any atom is -0.323 e. The zero-order valence-corrected chi connectivity index (χ0v) is 16.8. The van der Waals surface area contributed by atoms with Crippen molar-refractivity contribution in [1.82, 2.24) is 0 Å². The Morgan fingerprint density at radius 3 is 2.42 bits per heavy atom. The summed E-state index contributed by atoms with van der Waals surface area (Å²) in [5, 5.41) is 14.0. The molecule has 1 aliphatic heterocycles. The van der Waals surface area contributed by atoms with Crippen molar-refractivity contribution >= 4 is 23.1 Å². The quantitative estimate of drug-likeness (QED) is 0.367. The number of fused-ring (bicyclic) bond motifs is 1.